The minimum absolute atomic E-state index is 0.000678. The number of hydrazone groups is 1. The van der Waals surface area contributed by atoms with Crippen LogP contribution in [0.2, 0.25) is 5.02 Å². The third-order valence-corrected chi connectivity index (χ3v) is 5.71. The van der Waals surface area contributed by atoms with Gasteiger partial charge in [0.25, 0.3) is 5.91 Å². The summed E-state index contributed by atoms with van der Waals surface area (Å²) in [6, 6.07) is 22.5. The van der Waals surface area contributed by atoms with Gasteiger partial charge in [-0.3, -0.25) is 4.79 Å². The van der Waals surface area contributed by atoms with Gasteiger partial charge in [-0.05, 0) is 47.9 Å². The van der Waals surface area contributed by atoms with Crippen LogP contribution >= 0.6 is 11.6 Å². The van der Waals surface area contributed by atoms with E-state index in [1.807, 2.05) is 72.8 Å². The van der Waals surface area contributed by atoms with Gasteiger partial charge < -0.3 is 9.47 Å². The number of benzene rings is 3. The van der Waals surface area contributed by atoms with E-state index in [0.29, 0.717) is 18.1 Å². The lowest BCUT2D eigenvalue weighted by Gasteiger charge is -2.12. The number of carbonyl (C=O) groups is 1. The van der Waals surface area contributed by atoms with Crippen LogP contribution in [0.5, 0.6) is 11.5 Å². The Morgan fingerprint density at radius 1 is 1.09 bits per heavy atom. The van der Waals surface area contributed by atoms with Crippen molar-refractivity contribution < 1.29 is 14.3 Å². The molecule has 4 rings (SSSR count). The van der Waals surface area contributed by atoms with E-state index in [2.05, 4.69) is 21.4 Å². The molecule has 170 valence electrons. The first-order chi connectivity index (χ1) is 16.1. The van der Waals surface area contributed by atoms with Gasteiger partial charge in [-0.1, -0.05) is 54.1 Å². The molecule has 8 heteroatoms. The quantitative estimate of drug-likeness (QED) is 0.347. The van der Waals surface area contributed by atoms with Crippen molar-refractivity contribution in [1.82, 2.24) is 16.3 Å². The van der Waals surface area contributed by atoms with Crippen molar-refractivity contribution >= 4 is 23.7 Å². The lowest BCUT2D eigenvalue weighted by atomic mass is 10.0. The van der Waals surface area contributed by atoms with Crippen molar-refractivity contribution in [3.8, 4) is 11.5 Å². The fourth-order valence-electron chi connectivity index (χ4n) is 3.49. The topological polar surface area (TPSA) is 84.0 Å². The van der Waals surface area contributed by atoms with E-state index < -0.39 is 6.04 Å². The molecule has 1 aliphatic heterocycles. The standard InChI is InChI=1S/C25H25ClN4O3/c1-32-21-7-4-5-17(13-21)15-27-30-25(31)24-14-23(28-29-24)18-9-11-20(12-10-18)33-16-19-6-2-3-8-22(19)26/h2-13,15,23-24,28-29H,14,16H2,1H3,(H,30,31)/b27-15-. The maximum absolute atomic E-state index is 12.5. The number of halogens is 1. The number of nitrogens with zero attached hydrogens (tertiary/aromatic N) is 1. The van der Waals surface area contributed by atoms with Gasteiger partial charge in [0.15, 0.2) is 0 Å². The van der Waals surface area contributed by atoms with Crippen LogP contribution < -0.4 is 25.8 Å². The third-order valence-electron chi connectivity index (χ3n) is 5.34. The molecule has 0 aliphatic carbocycles. The third kappa shape index (κ3) is 6.10. The Labute approximate surface area is 197 Å². The zero-order valence-electron chi connectivity index (χ0n) is 18.1. The van der Waals surface area contributed by atoms with Crippen LogP contribution in [-0.2, 0) is 11.4 Å². The Hall–Kier alpha value is -3.39. The number of hydrogen-bond acceptors (Lipinski definition) is 6. The van der Waals surface area contributed by atoms with Gasteiger partial charge in [0.1, 0.15) is 24.1 Å². The number of carbonyl (C=O) groups excluding carboxylic acids is 1. The van der Waals surface area contributed by atoms with E-state index >= 15 is 0 Å². The van der Waals surface area contributed by atoms with Crippen molar-refractivity contribution in [3.63, 3.8) is 0 Å². The van der Waals surface area contributed by atoms with Gasteiger partial charge in [-0.25, -0.2) is 16.3 Å². The predicted molar refractivity (Wildman–Crippen MR) is 128 cm³/mol. The molecule has 1 fully saturated rings. The highest BCUT2D eigenvalue weighted by Crippen LogP contribution is 2.25. The number of methoxy groups -OCH3 is 1. The van der Waals surface area contributed by atoms with Crippen LogP contribution in [0.15, 0.2) is 77.9 Å². The lowest BCUT2D eigenvalue weighted by Crippen LogP contribution is -2.41. The first-order valence-corrected chi connectivity index (χ1v) is 10.9. The first kappa shape index (κ1) is 22.8. The Bertz CT molecular complexity index is 1120. The van der Waals surface area contributed by atoms with Gasteiger partial charge in [0, 0.05) is 16.6 Å². The van der Waals surface area contributed by atoms with Gasteiger partial charge in [0.2, 0.25) is 0 Å². The fourth-order valence-corrected chi connectivity index (χ4v) is 3.68. The van der Waals surface area contributed by atoms with E-state index in [0.717, 1.165) is 28.2 Å². The van der Waals surface area contributed by atoms with E-state index in [4.69, 9.17) is 21.1 Å². The second-order valence-corrected chi connectivity index (χ2v) is 8.00. The summed E-state index contributed by atoms with van der Waals surface area (Å²) in [7, 11) is 1.61. The Morgan fingerprint density at radius 3 is 2.70 bits per heavy atom. The molecule has 7 nitrogen and oxygen atoms in total. The Balaban J connectivity index is 1.27. The number of hydrazine groups is 1. The van der Waals surface area contributed by atoms with Crippen LogP contribution in [0.1, 0.15) is 29.2 Å². The fraction of sp³-hybridized carbons (Fsp3) is 0.200. The maximum atomic E-state index is 12.5. The molecule has 2 unspecified atom stereocenters. The molecule has 3 aromatic rings. The van der Waals surface area contributed by atoms with Crippen molar-refractivity contribution in [2.24, 2.45) is 5.10 Å². The normalized spacial score (nSPS) is 17.8. The molecule has 3 aromatic carbocycles. The summed E-state index contributed by atoms with van der Waals surface area (Å²) in [5.74, 6) is 1.28. The van der Waals surface area contributed by atoms with Crippen LogP contribution in [0.3, 0.4) is 0 Å². The number of ether oxygens (including phenoxy) is 2. The van der Waals surface area contributed by atoms with Gasteiger partial charge >= 0.3 is 0 Å². The molecule has 2 atom stereocenters. The molecule has 1 aliphatic rings. The largest absolute Gasteiger partial charge is 0.497 e. The molecular formula is C25H25ClN4O3. The van der Waals surface area contributed by atoms with Gasteiger partial charge in [-0.2, -0.15) is 5.10 Å². The summed E-state index contributed by atoms with van der Waals surface area (Å²) in [6.07, 6.45) is 2.18. The summed E-state index contributed by atoms with van der Waals surface area (Å²) >= 11 is 6.17. The number of rotatable bonds is 8. The molecule has 33 heavy (non-hydrogen) atoms. The second-order valence-electron chi connectivity index (χ2n) is 7.59. The number of nitrogens with one attached hydrogen (secondary N) is 3. The molecule has 0 saturated carbocycles. The Morgan fingerprint density at radius 2 is 1.91 bits per heavy atom. The monoisotopic (exact) mass is 464 g/mol. The Kier molecular flexibility index (Phi) is 7.57. The second kappa shape index (κ2) is 11.0. The molecule has 3 N–H and O–H groups in total. The molecule has 0 radical (unpaired) electrons. The van der Waals surface area contributed by atoms with Crippen molar-refractivity contribution in [2.45, 2.75) is 25.1 Å². The van der Waals surface area contributed by atoms with E-state index in [1.54, 1.807) is 13.3 Å². The van der Waals surface area contributed by atoms with Gasteiger partial charge in [0.05, 0.1) is 13.3 Å². The summed E-state index contributed by atoms with van der Waals surface area (Å²) in [6.45, 7) is 0.404. The van der Waals surface area contributed by atoms with Crippen molar-refractivity contribution in [1.29, 1.82) is 0 Å². The molecule has 0 spiro atoms. The summed E-state index contributed by atoms with van der Waals surface area (Å²) in [4.78, 5) is 12.5. The number of amides is 1. The minimum atomic E-state index is -0.395. The summed E-state index contributed by atoms with van der Waals surface area (Å²) < 4.78 is 11.0. The zero-order chi connectivity index (χ0) is 23.0. The first-order valence-electron chi connectivity index (χ1n) is 10.6. The molecule has 0 aromatic heterocycles. The molecule has 1 saturated heterocycles. The maximum Gasteiger partial charge on any atom is 0.258 e. The van der Waals surface area contributed by atoms with Gasteiger partial charge in [-0.15, -0.1) is 0 Å². The van der Waals surface area contributed by atoms with Crippen molar-refractivity contribution in [3.05, 3.63) is 94.5 Å². The molecular weight excluding hydrogens is 440 g/mol. The highest BCUT2D eigenvalue weighted by Gasteiger charge is 2.30. The minimum Gasteiger partial charge on any atom is -0.497 e. The van der Waals surface area contributed by atoms with E-state index in [-0.39, 0.29) is 11.9 Å². The highest BCUT2D eigenvalue weighted by atomic mass is 35.5. The SMILES string of the molecule is COc1cccc(/C=N\NC(=O)C2CC(c3ccc(OCc4ccccc4Cl)cc3)NN2)c1. The lowest BCUT2D eigenvalue weighted by molar-refractivity contribution is -0.122. The number of hydrogen-bond donors (Lipinski definition) is 3. The highest BCUT2D eigenvalue weighted by molar-refractivity contribution is 6.31. The molecule has 1 heterocycles. The summed E-state index contributed by atoms with van der Waals surface area (Å²) in [5.41, 5.74) is 11.6. The molecule has 0 bridgehead atoms. The van der Waals surface area contributed by atoms with Crippen LogP contribution in [-0.4, -0.2) is 25.3 Å². The van der Waals surface area contributed by atoms with E-state index in [9.17, 15) is 4.79 Å². The van der Waals surface area contributed by atoms with Crippen LogP contribution in [0.25, 0.3) is 0 Å². The predicted octanol–water partition coefficient (Wildman–Crippen LogP) is 3.99. The molecule has 1 amide bonds. The van der Waals surface area contributed by atoms with E-state index in [1.165, 1.54) is 0 Å². The smallest absolute Gasteiger partial charge is 0.258 e. The van der Waals surface area contributed by atoms with Crippen LogP contribution in [0.4, 0.5) is 0 Å². The van der Waals surface area contributed by atoms with Crippen molar-refractivity contribution in [2.75, 3.05) is 7.11 Å². The van der Waals surface area contributed by atoms with Crippen LogP contribution in [0, 0.1) is 0 Å². The summed E-state index contributed by atoms with van der Waals surface area (Å²) in [5, 5.41) is 4.74. The zero-order valence-corrected chi connectivity index (χ0v) is 18.9. The average molecular weight is 465 g/mol. The average Bonchev–Trinajstić information content (AvgIpc) is 3.34.